The first-order chi connectivity index (χ1) is 13.9. The van der Waals surface area contributed by atoms with Crippen LogP contribution in [0.3, 0.4) is 0 Å². The topological polar surface area (TPSA) is 35.5 Å². The molecule has 150 valence electrons. The number of methoxy groups -OCH3 is 1. The average molecular weight is 400 g/mol. The highest BCUT2D eigenvalue weighted by Crippen LogP contribution is 2.23. The van der Waals surface area contributed by atoms with Gasteiger partial charge in [0.2, 0.25) is 0 Å². The molecule has 0 bridgehead atoms. The van der Waals surface area contributed by atoms with E-state index in [1.165, 1.54) is 13.2 Å². The van der Waals surface area contributed by atoms with Crippen molar-refractivity contribution in [2.75, 3.05) is 13.7 Å². The predicted molar refractivity (Wildman–Crippen MR) is 106 cm³/mol. The van der Waals surface area contributed by atoms with Gasteiger partial charge in [0, 0.05) is 11.1 Å². The Morgan fingerprint density at radius 1 is 1.00 bits per heavy atom. The molecule has 0 amide bonds. The Labute approximate surface area is 166 Å². The maximum Gasteiger partial charge on any atom is 0.411 e. The first kappa shape index (κ1) is 20.6. The average Bonchev–Trinajstić information content (AvgIpc) is 2.71. The smallest absolute Gasteiger partial charge is 0.411 e. The van der Waals surface area contributed by atoms with Crippen molar-refractivity contribution in [3.05, 3.63) is 83.4 Å². The second-order valence-electron chi connectivity index (χ2n) is 6.44. The first-order valence-electron chi connectivity index (χ1n) is 8.88. The van der Waals surface area contributed by atoms with Crippen LogP contribution in [-0.4, -0.2) is 25.7 Å². The van der Waals surface area contributed by atoms with Gasteiger partial charge in [-0.25, -0.2) is 0 Å². The van der Waals surface area contributed by atoms with Crippen LogP contribution in [0.15, 0.2) is 66.7 Å². The lowest BCUT2D eigenvalue weighted by Gasteiger charge is -2.11. The summed E-state index contributed by atoms with van der Waals surface area (Å²) < 4.78 is 46.7. The van der Waals surface area contributed by atoms with Crippen molar-refractivity contribution in [3.63, 3.8) is 0 Å². The molecule has 3 nitrogen and oxygen atoms in total. The number of alkyl halides is 3. The molecule has 0 atom stereocenters. The minimum Gasteiger partial charge on any atom is -0.496 e. The molecule has 3 aromatic carbocycles. The summed E-state index contributed by atoms with van der Waals surface area (Å²) in [7, 11) is 1.43. The number of halogens is 3. The third-order valence-corrected chi connectivity index (χ3v) is 4.29. The number of fused-ring (bicyclic) bond motifs is 1. The Balaban J connectivity index is 1.74. The fraction of sp³-hybridized carbons (Fsp3) is 0.174. The molecule has 0 aliphatic rings. The fourth-order valence-electron chi connectivity index (χ4n) is 2.90. The van der Waals surface area contributed by atoms with Crippen LogP contribution < -0.4 is 4.74 Å². The van der Waals surface area contributed by atoms with Gasteiger partial charge in [0.1, 0.15) is 12.4 Å². The van der Waals surface area contributed by atoms with E-state index in [0.717, 1.165) is 10.8 Å². The normalized spacial score (nSPS) is 11.9. The van der Waals surface area contributed by atoms with Gasteiger partial charge in [-0.1, -0.05) is 48.5 Å². The van der Waals surface area contributed by atoms with E-state index in [1.54, 1.807) is 30.3 Å². The Hall–Kier alpha value is -3.12. The summed E-state index contributed by atoms with van der Waals surface area (Å²) in [4.78, 5) is 12.5. The molecule has 0 aliphatic heterocycles. The first-order valence-corrected chi connectivity index (χ1v) is 8.88. The van der Waals surface area contributed by atoms with Crippen LogP contribution >= 0.6 is 0 Å². The van der Waals surface area contributed by atoms with Crippen LogP contribution in [0, 0.1) is 0 Å². The van der Waals surface area contributed by atoms with E-state index in [4.69, 9.17) is 9.47 Å². The summed E-state index contributed by atoms with van der Waals surface area (Å²) in [6, 6.07) is 18.2. The lowest BCUT2D eigenvalue weighted by Crippen LogP contribution is -2.16. The van der Waals surface area contributed by atoms with Gasteiger partial charge in [-0.2, -0.15) is 13.2 Å². The van der Waals surface area contributed by atoms with Gasteiger partial charge in [-0.05, 0) is 40.6 Å². The van der Waals surface area contributed by atoms with Gasteiger partial charge in [0.25, 0.3) is 0 Å². The molecule has 3 rings (SSSR count). The largest absolute Gasteiger partial charge is 0.496 e. The van der Waals surface area contributed by atoms with Crippen molar-refractivity contribution in [1.82, 2.24) is 0 Å². The van der Waals surface area contributed by atoms with E-state index in [9.17, 15) is 18.0 Å². The molecular formula is C23H19F3O3. The van der Waals surface area contributed by atoms with Crippen LogP contribution in [0.1, 0.15) is 21.5 Å². The molecule has 0 radical (unpaired) electrons. The van der Waals surface area contributed by atoms with Crippen molar-refractivity contribution in [1.29, 1.82) is 0 Å². The monoisotopic (exact) mass is 400 g/mol. The number of ketones is 1. The lowest BCUT2D eigenvalue weighted by atomic mass is 10.0. The number of benzene rings is 3. The van der Waals surface area contributed by atoms with Crippen LogP contribution in [0.25, 0.3) is 16.8 Å². The molecule has 0 saturated carbocycles. The predicted octanol–water partition coefficient (Wildman–Crippen LogP) is 5.82. The number of ether oxygens (including phenoxy) is 2. The number of carbonyl (C=O) groups excluding carboxylic acids is 1. The third-order valence-electron chi connectivity index (χ3n) is 4.29. The van der Waals surface area contributed by atoms with Crippen LogP contribution in [0.4, 0.5) is 13.2 Å². The molecule has 0 saturated heterocycles. The molecule has 29 heavy (non-hydrogen) atoms. The van der Waals surface area contributed by atoms with Crippen molar-refractivity contribution in [3.8, 4) is 5.75 Å². The minimum absolute atomic E-state index is 0.165. The summed E-state index contributed by atoms with van der Waals surface area (Å²) >= 11 is 0. The molecule has 0 aliphatic carbocycles. The van der Waals surface area contributed by atoms with E-state index in [-0.39, 0.29) is 12.4 Å². The molecule has 3 aromatic rings. The third kappa shape index (κ3) is 5.68. The van der Waals surface area contributed by atoms with E-state index in [2.05, 4.69) is 0 Å². The Kier molecular flexibility index (Phi) is 6.34. The maximum absolute atomic E-state index is 12.5. The molecule has 0 fully saturated rings. The van der Waals surface area contributed by atoms with E-state index >= 15 is 0 Å². The molecular weight excluding hydrogens is 381 g/mol. The van der Waals surface area contributed by atoms with Crippen molar-refractivity contribution < 1.29 is 27.4 Å². The number of allylic oxidation sites excluding steroid dienone is 1. The number of rotatable bonds is 7. The SMILES string of the molecule is COc1ccc(/C=C/C(=O)c2ccc3ccccc3c2)cc1COCC(F)(F)F. The summed E-state index contributed by atoms with van der Waals surface area (Å²) in [5.41, 5.74) is 1.68. The Morgan fingerprint density at radius 2 is 1.76 bits per heavy atom. The van der Waals surface area contributed by atoms with E-state index in [0.29, 0.717) is 22.4 Å². The van der Waals surface area contributed by atoms with Gasteiger partial charge in [0.15, 0.2) is 5.78 Å². The van der Waals surface area contributed by atoms with Crippen molar-refractivity contribution in [2.24, 2.45) is 0 Å². The summed E-state index contributed by atoms with van der Waals surface area (Å²) in [5.74, 6) is 0.256. The maximum atomic E-state index is 12.5. The molecule has 0 N–H and O–H groups in total. The van der Waals surface area contributed by atoms with Gasteiger partial charge in [0.05, 0.1) is 13.7 Å². The highest BCUT2D eigenvalue weighted by atomic mass is 19.4. The highest BCUT2D eigenvalue weighted by Gasteiger charge is 2.27. The molecule has 0 aromatic heterocycles. The quantitative estimate of drug-likeness (QED) is 0.370. The van der Waals surface area contributed by atoms with Crippen molar-refractivity contribution >= 4 is 22.6 Å². The summed E-state index contributed by atoms with van der Waals surface area (Å²) in [6.07, 6.45) is -1.34. The Morgan fingerprint density at radius 3 is 2.48 bits per heavy atom. The van der Waals surface area contributed by atoms with Gasteiger partial charge in [-0.15, -0.1) is 0 Å². The zero-order valence-electron chi connectivity index (χ0n) is 15.7. The second-order valence-corrected chi connectivity index (χ2v) is 6.44. The summed E-state index contributed by atoms with van der Waals surface area (Å²) in [6.45, 7) is -1.58. The number of hydrogen-bond donors (Lipinski definition) is 0. The van der Waals surface area contributed by atoms with Crippen LogP contribution in [0.2, 0.25) is 0 Å². The van der Waals surface area contributed by atoms with Gasteiger partial charge < -0.3 is 9.47 Å². The lowest BCUT2D eigenvalue weighted by molar-refractivity contribution is -0.176. The number of carbonyl (C=O) groups is 1. The van der Waals surface area contributed by atoms with Gasteiger partial charge in [-0.3, -0.25) is 4.79 Å². The zero-order valence-corrected chi connectivity index (χ0v) is 15.7. The molecule has 0 heterocycles. The van der Waals surface area contributed by atoms with Crippen LogP contribution in [-0.2, 0) is 11.3 Å². The molecule has 0 unspecified atom stereocenters. The summed E-state index contributed by atoms with van der Waals surface area (Å²) in [5, 5.41) is 2.02. The molecule has 0 spiro atoms. The minimum atomic E-state index is -4.39. The number of hydrogen-bond acceptors (Lipinski definition) is 3. The Bertz CT molecular complexity index is 1040. The highest BCUT2D eigenvalue weighted by molar-refractivity contribution is 6.08. The standard InChI is InChI=1S/C23H19F3O3/c1-28-22-11-7-16(12-20(22)14-29-15-23(24,25)26)6-10-21(27)19-9-8-17-4-2-3-5-18(17)13-19/h2-13H,14-15H2,1H3/b10-6+. The van der Waals surface area contributed by atoms with Gasteiger partial charge >= 0.3 is 6.18 Å². The van der Waals surface area contributed by atoms with E-state index in [1.807, 2.05) is 36.4 Å². The van der Waals surface area contributed by atoms with Crippen LogP contribution in [0.5, 0.6) is 5.75 Å². The fourth-order valence-corrected chi connectivity index (χ4v) is 2.90. The second kappa shape index (κ2) is 8.92. The van der Waals surface area contributed by atoms with E-state index < -0.39 is 12.8 Å². The van der Waals surface area contributed by atoms with Crippen molar-refractivity contribution in [2.45, 2.75) is 12.8 Å². The molecule has 6 heteroatoms. The zero-order chi connectivity index (χ0) is 20.9.